The van der Waals surface area contributed by atoms with Crippen molar-refractivity contribution in [2.75, 3.05) is 5.32 Å². The Morgan fingerprint density at radius 2 is 2.19 bits per heavy atom. The Morgan fingerprint density at radius 1 is 1.44 bits per heavy atom. The van der Waals surface area contributed by atoms with Crippen molar-refractivity contribution in [3.8, 4) is 0 Å². The highest BCUT2D eigenvalue weighted by Crippen LogP contribution is 2.17. The summed E-state index contributed by atoms with van der Waals surface area (Å²) in [6, 6.07) is 1.98. The molecule has 0 atom stereocenters. The molecule has 1 heterocycles. The van der Waals surface area contributed by atoms with E-state index in [9.17, 15) is 4.79 Å². The third kappa shape index (κ3) is 2.98. The van der Waals surface area contributed by atoms with Crippen molar-refractivity contribution in [1.82, 2.24) is 15.5 Å². The van der Waals surface area contributed by atoms with Gasteiger partial charge in [0.25, 0.3) is 0 Å². The smallest absolute Gasteiger partial charge is 0.320 e. The lowest BCUT2D eigenvalue weighted by Crippen LogP contribution is -2.39. The second-order valence-corrected chi connectivity index (χ2v) is 4.37. The SMILES string of the molecule is Cc1cc(NC(=O)NC2CCCCC2)n[nH]1. The van der Waals surface area contributed by atoms with Crippen molar-refractivity contribution in [2.24, 2.45) is 0 Å². The summed E-state index contributed by atoms with van der Waals surface area (Å²) in [4.78, 5) is 11.6. The fraction of sp³-hybridized carbons (Fsp3) is 0.636. The lowest BCUT2D eigenvalue weighted by molar-refractivity contribution is 0.244. The van der Waals surface area contributed by atoms with E-state index < -0.39 is 0 Å². The summed E-state index contributed by atoms with van der Waals surface area (Å²) in [6.45, 7) is 1.90. The zero-order chi connectivity index (χ0) is 11.4. The van der Waals surface area contributed by atoms with Crippen molar-refractivity contribution in [3.05, 3.63) is 11.8 Å². The predicted octanol–water partition coefficient (Wildman–Crippen LogP) is 2.17. The van der Waals surface area contributed by atoms with Gasteiger partial charge in [0.1, 0.15) is 0 Å². The van der Waals surface area contributed by atoms with Crippen LogP contribution in [0.25, 0.3) is 0 Å². The molecule has 0 spiro atoms. The molecule has 0 bridgehead atoms. The molecule has 3 N–H and O–H groups in total. The van der Waals surface area contributed by atoms with E-state index >= 15 is 0 Å². The third-order valence-corrected chi connectivity index (χ3v) is 2.89. The van der Waals surface area contributed by atoms with E-state index in [1.54, 1.807) is 6.07 Å². The molecule has 88 valence electrons. The van der Waals surface area contributed by atoms with Crippen LogP contribution in [0, 0.1) is 6.92 Å². The Kier molecular flexibility index (Phi) is 3.44. The van der Waals surface area contributed by atoms with Crippen LogP contribution in [0.15, 0.2) is 6.07 Å². The third-order valence-electron chi connectivity index (χ3n) is 2.89. The second-order valence-electron chi connectivity index (χ2n) is 4.37. The van der Waals surface area contributed by atoms with Gasteiger partial charge in [-0.3, -0.25) is 10.4 Å². The summed E-state index contributed by atoms with van der Waals surface area (Å²) in [6.07, 6.45) is 5.90. The number of aromatic nitrogens is 2. The number of H-pyrrole nitrogens is 1. The van der Waals surface area contributed by atoms with E-state index in [-0.39, 0.29) is 6.03 Å². The maximum Gasteiger partial charge on any atom is 0.320 e. The normalized spacial score (nSPS) is 17.1. The van der Waals surface area contributed by atoms with Crippen LogP contribution in [0.1, 0.15) is 37.8 Å². The van der Waals surface area contributed by atoms with Gasteiger partial charge in [0.05, 0.1) is 0 Å². The number of carbonyl (C=O) groups excluding carboxylic acids is 1. The van der Waals surface area contributed by atoms with Gasteiger partial charge in [0.2, 0.25) is 0 Å². The summed E-state index contributed by atoms with van der Waals surface area (Å²) in [5, 5.41) is 12.4. The summed E-state index contributed by atoms with van der Waals surface area (Å²) < 4.78 is 0. The molecule has 16 heavy (non-hydrogen) atoms. The van der Waals surface area contributed by atoms with Gasteiger partial charge in [0, 0.05) is 17.8 Å². The van der Waals surface area contributed by atoms with Gasteiger partial charge in [-0.1, -0.05) is 19.3 Å². The van der Waals surface area contributed by atoms with Crippen LogP contribution in [-0.2, 0) is 0 Å². The summed E-state index contributed by atoms with van der Waals surface area (Å²) in [5.74, 6) is 0.575. The molecule has 5 heteroatoms. The molecule has 2 rings (SSSR count). The molecule has 0 aliphatic heterocycles. The van der Waals surface area contributed by atoms with Crippen LogP contribution < -0.4 is 10.6 Å². The first kappa shape index (κ1) is 11.0. The molecule has 0 saturated heterocycles. The molecule has 1 fully saturated rings. The van der Waals surface area contributed by atoms with Crippen molar-refractivity contribution in [3.63, 3.8) is 0 Å². The first-order valence-electron chi connectivity index (χ1n) is 5.83. The summed E-state index contributed by atoms with van der Waals surface area (Å²) in [7, 11) is 0. The zero-order valence-corrected chi connectivity index (χ0v) is 9.55. The fourth-order valence-corrected chi connectivity index (χ4v) is 2.07. The lowest BCUT2D eigenvalue weighted by atomic mass is 9.96. The maximum atomic E-state index is 11.6. The Bertz CT molecular complexity index is 355. The van der Waals surface area contributed by atoms with Crippen LogP contribution in [-0.4, -0.2) is 22.3 Å². The number of urea groups is 1. The zero-order valence-electron chi connectivity index (χ0n) is 9.55. The topological polar surface area (TPSA) is 69.8 Å². The number of nitrogens with zero attached hydrogens (tertiary/aromatic N) is 1. The van der Waals surface area contributed by atoms with Crippen molar-refractivity contribution >= 4 is 11.8 Å². The summed E-state index contributed by atoms with van der Waals surface area (Å²) in [5.41, 5.74) is 0.938. The van der Waals surface area contributed by atoms with E-state index in [0.29, 0.717) is 11.9 Å². The number of hydrogen-bond acceptors (Lipinski definition) is 2. The minimum atomic E-state index is -0.154. The molecular weight excluding hydrogens is 204 g/mol. The summed E-state index contributed by atoms with van der Waals surface area (Å²) >= 11 is 0. The molecule has 2 amide bonds. The van der Waals surface area contributed by atoms with Crippen LogP contribution in [0.4, 0.5) is 10.6 Å². The van der Waals surface area contributed by atoms with Gasteiger partial charge in [-0.05, 0) is 19.8 Å². The molecule has 5 nitrogen and oxygen atoms in total. The molecule has 1 aliphatic rings. The molecule has 0 aromatic carbocycles. The van der Waals surface area contributed by atoms with Gasteiger partial charge in [0.15, 0.2) is 5.82 Å². The number of aryl methyl sites for hydroxylation is 1. The minimum Gasteiger partial charge on any atom is -0.335 e. The quantitative estimate of drug-likeness (QED) is 0.717. The molecular formula is C11H18N4O. The molecule has 1 aromatic heterocycles. The standard InChI is InChI=1S/C11H18N4O/c1-8-7-10(15-14-8)13-11(16)12-9-5-3-2-4-6-9/h7,9H,2-6H2,1H3,(H3,12,13,14,15,16). The number of nitrogens with one attached hydrogen (secondary N) is 3. The van der Waals surface area contributed by atoms with E-state index in [1.807, 2.05) is 6.92 Å². The number of hydrogen-bond donors (Lipinski definition) is 3. The molecule has 0 unspecified atom stereocenters. The van der Waals surface area contributed by atoms with E-state index in [4.69, 9.17) is 0 Å². The van der Waals surface area contributed by atoms with Gasteiger partial charge < -0.3 is 5.32 Å². The van der Waals surface area contributed by atoms with Crippen molar-refractivity contribution in [2.45, 2.75) is 45.1 Å². The highest BCUT2D eigenvalue weighted by molar-refractivity contribution is 5.88. The number of rotatable bonds is 2. The number of aromatic amines is 1. The van der Waals surface area contributed by atoms with Gasteiger partial charge >= 0.3 is 6.03 Å². The van der Waals surface area contributed by atoms with Crippen LogP contribution in [0.3, 0.4) is 0 Å². The average molecular weight is 222 g/mol. The Morgan fingerprint density at radius 3 is 2.81 bits per heavy atom. The first-order valence-corrected chi connectivity index (χ1v) is 5.83. The average Bonchev–Trinajstić information content (AvgIpc) is 2.65. The molecule has 1 aliphatic carbocycles. The highest BCUT2D eigenvalue weighted by Gasteiger charge is 2.15. The van der Waals surface area contributed by atoms with Gasteiger partial charge in [-0.25, -0.2) is 4.79 Å². The number of anilines is 1. The Balaban J connectivity index is 1.79. The van der Waals surface area contributed by atoms with Gasteiger partial charge in [-0.2, -0.15) is 5.10 Å². The van der Waals surface area contributed by atoms with E-state index in [2.05, 4.69) is 20.8 Å². The monoisotopic (exact) mass is 222 g/mol. The van der Waals surface area contributed by atoms with Crippen molar-refractivity contribution in [1.29, 1.82) is 0 Å². The van der Waals surface area contributed by atoms with Crippen LogP contribution in [0.5, 0.6) is 0 Å². The predicted molar refractivity (Wildman–Crippen MR) is 62.4 cm³/mol. The lowest BCUT2D eigenvalue weighted by Gasteiger charge is -2.22. The molecule has 1 aromatic rings. The minimum absolute atomic E-state index is 0.154. The number of amides is 2. The van der Waals surface area contributed by atoms with Crippen LogP contribution >= 0.6 is 0 Å². The molecule has 1 saturated carbocycles. The first-order chi connectivity index (χ1) is 7.74. The van der Waals surface area contributed by atoms with Crippen molar-refractivity contribution < 1.29 is 4.79 Å². The fourth-order valence-electron chi connectivity index (χ4n) is 2.07. The maximum absolute atomic E-state index is 11.6. The highest BCUT2D eigenvalue weighted by atomic mass is 16.2. The number of carbonyl (C=O) groups is 1. The van der Waals surface area contributed by atoms with Gasteiger partial charge in [-0.15, -0.1) is 0 Å². The van der Waals surface area contributed by atoms with E-state index in [1.165, 1.54) is 19.3 Å². The Labute approximate surface area is 95.0 Å². The Hall–Kier alpha value is -1.52. The van der Waals surface area contributed by atoms with E-state index in [0.717, 1.165) is 18.5 Å². The van der Waals surface area contributed by atoms with Crippen LogP contribution in [0.2, 0.25) is 0 Å². The largest absolute Gasteiger partial charge is 0.335 e. The second kappa shape index (κ2) is 5.01. The molecule has 0 radical (unpaired) electrons.